The maximum absolute atomic E-state index is 11.0. The van der Waals surface area contributed by atoms with E-state index in [1.165, 1.54) is 6.33 Å². The third-order valence-electron chi connectivity index (χ3n) is 3.19. The Morgan fingerprint density at radius 2 is 2.00 bits per heavy atom. The molecule has 1 heterocycles. The van der Waals surface area contributed by atoms with E-state index >= 15 is 0 Å². The van der Waals surface area contributed by atoms with E-state index in [9.17, 15) is 10.1 Å². The van der Waals surface area contributed by atoms with Gasteiger partial charge in [0.25, 0.3) is 0 Å². The number of benzene rings is 1. The molecule has 0 aliphatic heterocycles. The highest BCUT2D eigenvalue weighted by Crippen LogP contribution is 2.28. The van der Waals surface area contributed by atoms with Gasteiger partial charge >= 0.3 is 5.69 Å². The summed E-state index contributed by atoms with van der Waals surface area (Å²) in [5.74, 6) is 1.20. The number of rotatable bonds is 7. The summed E-state index contributed by atoms with van der Waals surface area (Å²) < 4.78 is 10.4. The van der Waals surface area contributed by atoms with Gasteiger partial charge in [-0.3, -0.25) is 10.1 Å². The molecule has 0 fully saturated rings. The highest BCUT2D eigenvalue weighted by Gasteiger charge is 2.20. The average molecular weight is 319 g/mol. The fraction of sp³-hybridized carbons (Fsp3) is 0.286. The SMILES string of the molecule is COc1ccc(CCNc2ncnc(N)c2[N+](=O)[O-])cc1OC. The van der Waals surface area contributed by atoms with Crippen LogP contribution in [0.3, 0.4) is 0 Å². The van der Waals surface area contributed by atoms with E-state index in [1.54, 1.807) is 20.3 Å². The Hall–Kier alpha value is -3.10. The molecule has 0 spiro atoms. The van der Waals surface area contributed by atoms with Crippen molar-refractivity contribution in [1.29, 1.82) is 0 Å². The number of nitrogens with one attached hydrogen (secondary N) is 1. The molecular weight excluding hydrogens is 302 g/mol. The number of anilines is 2. The van der Waals surface area contributed by atoms with Gasteiger partial charge in [-0.2, -0.15) is 0 Å². The highest BCUT2D eigenvalue weighted by molar-refractivity contribution is 5.67. The minimum atomic E-state index is -0.603. The van der Waals surface area contributed by atoms with Crippen molar-refractivity contribution in [1.82, 2.24) is 9.97 Å². The maximum Gasteiger partial charge on any atom is 0.352 e. The number of aromatic nitrogens is 2. The summed E-state index contributed by atoms with van der Waals surface area (Å²) in [6, 6.07) is 5.55. The van der Waals surface area contributed by atoms with E-state index in [4.69, 9.17) is 15.2 Å². The molecule has 0 amide bonds. The molecule has 9 nitrogen and oxygen atoms in total. The molecule has 0 atom stereocenters. The first-order valence-electron chi connectivity index (χ1n) is 6.76. The average Bonchev–Trinajstić information content (AvgIpc) is 2.54. The lowest BCUT2D eigenvalue weighted by molar-refractivity contribution is -0.383. The zero-order chi connectivity index (χ0) is 16.8. The van der Waals surface area contributed by atoms with Crippen molar-refractivity contribution in [2.45, 2.75) is 6.42 Å². The second kappa shape index (κ2) is 7.25. The lowest BCUT2D eigenvalue weighted by Gasteiger charge is -2.10. The predicted molar refractivity (Wildman–Crippen MR) is 84.8 cm³/mol. The smallest absolute Gasteiger partial charge is 0.352 e. The number of hydrogen-bond donors (Lipinski definition) is 2. The quantitative estimate of drug-likeness (QED) is 0.582. The van der Waals surface area contributed by atoms with Gasteiger partial charge in [0, 0.05) is 6.54 Å². The third kappa shape index (κ3) is 3.76. The van der Waals surface area contributed by atoms with Crippen LogP contribution in [0.15, 0.2) is 24.5 Å². The first-order valence-corrected chi connectivity index (χ1v) is 6.76. The molecule has 0 bridgehead atoms. The molecule has 0 saturated carbocycles. The minimum absolute atomic E-state index is 0.1000. The summed E-state index contributed by atoms with van der Waals surface area (Å²) in [5.41, 5.74) is 6.18. The van der Waals surface area contributed by atoms with Crippen LogP contribution in [0.2, 0.25) is 0 Å². The van der Waals surface area contributed by atoms with Gasteiger partial charge in [-0.25, -0.2) is 9.97 Å². The Morgan fingerprint density at radius 1 is 1.26 bits per heavy atom. The molecule has 0 unspecified atom stereocenters. The Labute approximate surface area is 132 Å². The van der Waals surface area contributed by atoms with Crippen molar-refractivity contribution in [3.8, 4) is 11.5 Å². The summed E-state index contributed by atoms with van der Waals surface area (Å²) in [6.07, 6.45) is 1.79. The van der Waals surface area contributed by atoms with Crippen LogP contribution in [-0.4, -0.2) is 35.7 Å². The second-order valence-corrected chi connectivity index (χ2v) is 4.58. The molecule has 2 aromatic rings. The summed E-state index contributed by atoms with van der Waals surface area (Å²) in [4.78, 5) is 17.9. The molecule has 1 aromatic heterocycles. The molecular formula is C14H17N5O4. The first kappa shape index (κ1) is 16.3. The summed E-state index contributed by atoms with van der Waals surface area (Å²) in [7, 11) is 3.13. The number of hydrogen-bond acceptors (Lipinski definition) is 8. The van der Waals surface area contributed by atoms with E-state index in [0.29, 0.717) is 24.5 Å². The molecule has 122 valence electrons. The maximum atomic E-state index is 11.0. The van der Waals surface area contributed by atoms with Crippen molar-refractivity contribution in [2.75, 3.05) is 31.8 Å². The molecule has 3 N–H and O–H groups in total. The topological polar surface area (TPSA) is 125 Å². The Kier molecular flexibility index (Phi) is 5.13. The molecule has 0 aliphatic rings. The van der Waals surface area contributed by atoms with Gasteiger partial charge in [-0.05, 0) is 24.1 Å². The van der Waals surface area contributed by atoms with Gasteiger partial charge in [0.1, 0.15) is 6.33 Å². The van der Waals surface area contributed by atoms with Crippen LogP contribution in [0.25, 0.3) is 0 Å². The standard InChI is InChI=1S/C14H17N5O4/c1-22-10-4-3-9(7-11(10)23-2)5-6-16-14-12(19(20)21)13(15)17-8-18-14/h3-4,7-8H,5-6H2,1-2H3,(H3,15,16,17,18). The summed E-state index contributed by atoms with van der Waals surface area (Å²) >= 11 is 0. The van der Waals surface area contributed by atoms with Crippen molar-refractivity contribution >= 4 is 17.3 Å². The number of methoxy groups -OCH3 is 2. The second-order valence-electron chi connectivity index (χ2n) is 4.58. The summed E-state index contributed by atoms with van der Waals surface area (Å²) in [6.45, 7) is 0.437. The van der Waals surface area contributed by atoms with Crippen LogP contribution < -0.4 is 20.5 Å². The van der Waals surface area contributed by atoms with E-state index < -0.39 is 4.92 Å². The van der Waals surface area contributed by atoms with Gasteiger partial charge in [0.05, 0.1) is 19.1 Å². The van der Waals surface area contributed by atoms with Crippen molar-refractivity contribution in [2.24, 2.45) is 0 Å². The first-order chi connectivity index (χ1) is 11.1. The van der Waals surface area contributed by atoms with Crippen LogP contribution in [0, 0.1) is 10.1 Å². The zero-order valence-corrected chi connectivity index (χ0v) is 12.8. The van der Waals surface area contributed by atoms with Crippen molar-refractivity contribution < 1.29 is 14.4 Å². The molecule has 23 heavy (non-hydrogen) atoms. The van der Waals surface area contributed by atoms with Gasteiger partial charge in [0.2, 0.25) is 11.6 Å². The number of nitrogens with zero attached hydrogens (tertiary/aromatic N) is 3. The van der Waals surface area contributed by atoms with Crippen molar-refractivity contribution in [3.05, 3.63) is 40.2 Å². The number of ether oxygens (including phenoxy) is 2. The lowest BCUT2D eigenvalue weighted by Crippen LogP contribution is -2.10. The van der Waals surface area contributed by atoms with E-state index in [-0.39, 0.29) is 17.3 Å². The molecule has 2 rings (SSSR count). The number of nitrogens with two attached hydrogens (primary N) is 1. The largest absolute Gasteiger partial charge is 0.493 e. The monoisotopic (exact) mass is 319 g/mol. The van der Waals surface area contributed by atoms with E-state index in [1.807, 2.05) is 12.1 Å². The van der Waals surface area contributed by atoms with Crippen LogP contribution >= 0.6 is 0 Å². The van der Waals surface area contributed by atoms with Gasteiger partial charge in [-0.15, -0.1) is 0 Å². The molecule has 0 aliphatic carbocycles. The van der Waals surface area contributed by atoms with E-state index in [0.717, 1.165) is 5.56 Å². The molecule has 9 heteroatoms. The normalized spacial score (nSPS) is 10.2. The fourth-order valence-electron chi connectivity index (χ4n) is 2.06. The van der Waals surface area contributed by atoms with Crippen LogP contribution in [0.1, 0.15) is 5.56 Å². The third-order valence-corrected chi connectivity index (χ3v) is 3.19. The van der Waals surface area contributed by atoms with Crippen LogP contribution in [-0.2, 0) is 6.42 Å². The molecule has 0 radical (unpaired) electrons. The summed E-state index contributed by atoms with van der Waals surface area (Å²) in [5, 5.41) is 13.9. The van der Waals surface area contributed by atoms with Crippen molar-refractivity contribution in [3.63, 3.8) is 0 Å². The van der Waals surface area contributed by atoms with Gasteiger partial charge in [0.15, 0.2) is 11.5 Å². The molecule has 1 aromatic carbocycles. The lowest BCUT2D eigenvalue weighted by atomic mass is 10.1. The van der Waals surface area contributed by atoms with Crippen LogP contribution in [0.5, 0.6) is 11.5 Å². The minimum Gasteiger partial charge on any atom is -0.493 e. The molecule has 0 saturated heterocycles. The highest BCUT2D eigenvalue weighted by atomic mass is 16.6. The van der Waals surface area contributed by atoms with E-state index in [2.05, 4.69) is 15.3 Å². The fourth-order valence-corrected chi connectivity index (χ4v) is 2.06. The Morgan fingerprint density at radius 3 is 2.65 bits per heavy atom. The Bertz CT molecular complexity index is 708. The predicted octanol–water partition coefficient (Wildman–Crippen LogP) is 1.64. The number of nitrogen functional groups attached to an aromatic ring is 1. The zero-order valence-electron chi connectivity index (χ0n) is 12.8. The number of nitro groups is 1. The van der Waals surface area contributed by atoms with Gasteiger partial charge < -0.3 is 20.5 Å². The Balaban J connectivity index is 2.06. The van der Waals surface area contributed by atoms with Gasteiger partial charge in [-0.1, -0.05) is 6.07 Å². The van der Waals surface area contributed by atoms with Crippen LogP contribution in [0.4, 0.5) is 17.3 Å².